The second-order valence-corrected chi connectivity index (χ2v) is 5.34. The van der Waals surface area contributed by atoms with Crippen LogP contribution in [-0.4, -0.2) is 10.6 Å². The average Bonchev–Trinajstić information content (AvgIpc) is 2.93. The van der Waals surface area contributed by atoms with Crippen LogP contribution in [0.5, 0.6) is 5.75 Å². The molecule has 0 bridgehead atoms. The third kappa shape index (κ3) is 2.34. The molecular weight excluding hydrogens is 254 g/mol. The van der Waals surface area contributed by atoms with Crippen molar-refractivity contribution in [3.63, 3.8) is 0 Å². The maximum atomic E-state index is 9.49. The lowest BCUT2D eigenvalue weighted by molar-refractivity contribution is 0.471. The van der Waals surface area contributed by atoms with Crippen LogP contribution in [0.3, 0.4) is 0 Å². The summed E-state index contributed by atoms with van der Waals surface area (Å²) in [5.41, 5.74) is 8.56. The highest BCUT2D eigenvalue weighted by molar-refractivity contribution is 9.10. The lowest BCUT2D eigenvalue weighted by Gasteiger charge is -2.12. The lowest BCUT2D eigenvalue weighted by atomic mass is 10.00. The van der Waals surface area contributed by atoms with Gasteiger partial charge < -0.3 is 10.8 Å². The molecule has 1 aromatic carbocycles. The van der Waals surface area contributed by atoms with Crippen LogP contribution in [0, 0.1) is 6.92 Å². The van der Waals surface area contributed by atoms with Gasteiger partial charge in [0.05, 0.1) is 4.47 Å². The Kier molecular flexibility index (Phi) is 2.77. The Hall–Kier alpha value is -0.540. The Balaban J connectivity index is 2.11. The fraction of sp³-hybridized carbons (Fsp3) is 0.500. The monoisotopic (exact) mass is 269 g/mol. The summed E-state index contributed by atoms with van der Waals surface area (Å²) in [6, 6.07) is 3.73. The number of benzene rings is 1. The summed E-state index contributed by atoms with van der Waals surface area (Å²) >= 11 is 3.38. The van der Waals surface area contributed by atoms with Crippen molar-refractivity contribution in [2.24, 2.45) is 5.73 Å². The number of phenolic OH excluding ortho intramolecular Hbond substituents is 1. The summed E-state index contributed by atoms with van der Waals surface area (Å²) in [6.07, 6.45) is 4.36. The zero-order valence-corrected chi connectivity index (χ0v) is 10.5. The molecule has 2 rings (SSSR count). The molecule has 0 aliphatic heterocycles. The highest BCUT2D eigenvalue weighted by Crippen LogP contribution is 2.38. The molecule has 0 heterocycles. The molecule has 82 valence electrons. The summed E-state index contributed by atoms with van der Waals surface area (Å²) in [4.78, 5) is 0. The van der Waals surface area contributed by atoms with Gasteiger partial charge in [0.25, 0.3) is 0 Å². The van der Waals surface area contributed by atoms with Crippen molar-refractivity contribution in [2.75, 3.05) is 0 Å². The van der Waals surface area contributed by atoms with Crippen LogP contribution in [-0.2, 0) is 6.42 Å². The summed E-state index contributed by atoms with van der Waals surface area (Å²) in [6.45, 7) is 2.02. The smallest absolute Gasteiger partial charge is 0.130 e. The molecule has 1 aliphatic carbocycles. The van der Waals surface area contributed by atoms with E-state index < -0.39 is 0 Å². The van der Waals surface area contributed by atoms with E-state index in [1.165, 1.54) is 5.56 Å². The van der Waals surface area contributed by atoms with E-state index in [0.29, 0.717) is 5.75 Å². The standard InChI is InChI=1S/C12H16BrNO/c1-8-9(2-3-10(15)11(8)13)4-5-12(14)6-7-12/h2-3,15H,4-7,14H2,1H3. The highest BCUT2D eigenvalue weighted by atomic mass is 79.9. The number of phenols is 1. The fourth-order valence-electron chi connectivity index (χ4n) is 1.78. The first kappa shape index (κ1) is 11.0. The Labute approximate surface area is 98.6 Å². The molecule has 0 radical (unpaired) electrons. The minimum Gasteiger partial charge on any atom is -0.507 e. The zero-order valence-electron chi connectivity index (χ0n) is 8.89. The SMILES string of the molecule is Cc1c(CCC2(N)CC2)ccc(O)c1Br. The van der Waals surface area contributed by atoms with E-state index in [-0.39, 0.29) is 5.54 Å². The predicted octanol–water partition coefficient (Wildman–Crippen LogP) is 2.89. The summed E-state index contributed by atoms with van der Waals surface area (Å²) < 4.78 is 0.807. The third-order valence-corrected chi connectivity index (χ3v) is 4.26. The molecule has 0 spiro atoms. The molecule has 2 nitrogen and oxygen atoms in total. The van der Waals surface area contributed by atoms with Gasteiger partial charge in [-0.25, -0.2) is 0 Å². The average molecular weight is 270 g/mol. The van der Waals surface area contributed by atoms with Crippen molar-refractivity contribution in [3.05, 3.63) is 27.7 Å². The van der Waals surface area contributed by atoms with Crippen molar-refractivity contribution >= 4 is 15.9 Å². The van der Waals surface area contributed by atoms with Crippen LogP contribution in [0.4, 0.5) is 0 Å². The molecule has 0 aromatic heterocycles. The number of hydrogen-bond donors (Lipinski definition) is 2. The normalized spacial score (nSPS) is 17.8. The topological polar surface area (TPSA) is 46.2 Å². The van der Waals surface area contributed by atoms with Crippen LogP contribution in [0.15, 0.2) is 16.6 Å². The molecule has 1 aliphatic rings. The van der Waals surface area contributed by atoms with E-state index in [4.69, 9.17) is 5.73 Å². The number of hydrogen-bond acceptors (Lipinski definition) is 2. The first-order valence-electron chi connectivity index (χ1n) is 5.28. The maximum Gasteiger partial charge on any atom is 0.130 e. The molecule has 1 saturated carbocycles. The van der Waals surface area contributed by atoms with Gasteiger partial charge in [-0.05, 0) is 65.7 Å². The van der Waals surface area contributed by atoms with Crippen LogP contribution in [0.1, 0.15) is 30.4 Å². The molecule has 1 aromatic rings. The minimum atomic E-state index is 0.108. The van der Waals surface area contributed by atoms with E-state index in [1.807, 2.05) is 13.0 Å². The Morgan fingerprint density at radius 1 is 1.47 bits per heavy atom. The van der Waals surface area contributed by atoms with Gasteiger partial charge in [-0.15, -0.1) is 0 Å². The van der Waals surface area contributed by atoms with E-state index in [1.54, 1.807) is 6.07 Å². The summed E-state index contributed by atoms with van der Waals surface area (Å²) in [5.74, 6) is 0.310. The van der Waals surface area contributed by atoms with Crippen molar-refractivity contribution < 1.29 is 5.11 Å². The zero-order chi connectivity index (χ0) is 11.1. The highest BCUT2D eigenvalue weighted by Gasteiger charge is 2.37. The van der Waals surface area contributed by atoms with Crippen LogP contribution in [0.2, 0.25) is 0 Å². The Bertz CT molecular complexity index is 385. The summed E-state index contributed by atoms with van der Waals surface area (Å²) in [5, 5.41) is 9.49. The Morgan fingerprint density at radius 3 is 2.73 bits per heavy atom. The number of halogens is 1. The van der Waals surface area contributed by atoms with Gasteiger partial charge in [0, 0.05) is 5.54 Å². The first-order chi connectivity index (χ1) is 7.02. The maximum absolute atomic E-state index is 9.49. The van der Waals surface area contributed by atoms with Gasteiger partial charge in [-0.3, -0.25) is 0 Å². The molecule has 0 amide bonds. The van der Waals surface area contributed by atoms with Crippen molar-refractivity contribution in [3.8, 4) is 5.75 Å². The van der Waals surface area contributed by atoms with Gasteiger partial charge in [-0.2, -0.15) is 0 Å². The van der Waals surface area contributed by atoms with Gasteiger partial charge in [-0.1, -0.05) is 6.07 Å². The second-order valence-electron chi connectivity index (χ2n) is 4.55. The molecule has 15 heavy (non-hydrogen) atoms. The van der Waals surface area contributed by atoms with Gasteiger partial charge >= 0.3 is 0 Å². The number of rotatable bonds is 3. The van der Waals surface area contributed by atoms with Gasteiger partial charge in [0.2, 0.25) is 0 Å². The van der Waals surface area contributed by atoms with Crippen molar-refractivity contribution in [1.29, 1.82) is 0 Å². The fourth-order valence-corrected chi connectivity index (χ4v) is 2.16. The molecule has 0 atom stereocenters. The van der Waals surface area contributed by atoms with Gasteiger partial charge in [0.15, 0.2) is 0 Å². The molecule has 0 saturated heterocycles. The van der Waals surface area contributed by atoms with Crippen LogP contribution in [0.25, 0.3) is 0 Å². The largest absolute Gasteiger partial charge is 0.507 e. The second kappa shape index (κ2) is 3.80. The van der Waals surface area contributed by atoms with E-state index in [0.717, 1.165) is 35.7 Å². The number of aromatic hydroxyl groups is 1. The third-order valence-electron chi connectivity index (χ3n) is 3.26. The van der Waals surface area contributed by atoms with E-state index in [9.17, 15) is 5.11 Å². The summed E-state index contributed by atoms with van der Waals surface area (Å²) in [7, 11) is 0. The number of aryl methyl sites for hydroxylation is 1. The van der Waals surface area contributed by atoms with E-state index in [2.05, 4.69) is 15.9 Å². The molecule has 3 N–H and O–H groups in total. The van der Waals surface area contributed by atoms with E-state index >= 15 is 0 Å². The molecule has 3 heteroatoms. The molecular formula is C12H16BrNO. The molecule has 1 fully saturated rings. The van der Waals surface area contributed by atoms with Crippen LogP contribution < -0.4 is 5.73 Å². The predicted molar refractivity (Wildman–Crippen MR) is 65.0 cm³/mol. The lowest BCUT2D eigenvalue weighted by Crippen LogP contribution is -2.22. The quantitative estimate of drug-likeness (QED) is 0.887. The minimum absolute atomic E-state index is 0.108. The first-order valence-corrected chi connectivity index (χ1v) is 6.07. The van der Waals surface area contributed by atoms with Crippen molar-refractivity contribution in [2.45, 2.75) is 38.1 Å². The van der Waals surface area contributed by atoms with Gasteiger partial charge in [0.1, 0.15) is 5.75 Å². The van der Waals surface area contributed by atoms with Crippen molar-refractivity contribution in [1.82, 2.24) is 0 Å². The number of nitrogens with two attached hydrogens (primary N) is 1. The molecule has 0 unspecified atom stereocenters. The Morgan fingerprint density at radius 2 is 2.13 bits per heavy atom. The van der Waals surface area contributed by atoms with Crippen LogP contribution >= 0.6 is 15.9 Å².